The topological polar surface area (TPSA) is 38.7 Å². The number of nitrogens with zero attached hydrogens (tertiary/aromatic N) is 1. The molecule has 110 valence electrons. The lowest BCUT2D eigenvalue weighted by molar-refractivity contribution is -0.129. The molecule has 0 aromatic heterocycles. The summed E-state index contributed by atoms with van der Waals surface area (Å²) < 4.78 is 6.13. The monoisotopic (exact) mass is 395 g/mol. The molecule has 0 aliphatic carbocycles. The Bertz CT molecular complexity index is 813. The van der Waals surface area contributed by atoms with E-state index in [2.05, 4.69) is 20.9 Å². The van der Waals surface area contributed by atoms with Crippen LogP contribution in [0.4, 0.5) is 0 Å². The summed E-state index contributed by atoms with van der Waals surface area (Å²) >= 11 is 15.4. The second-order valence-corrected chi connectivity index (χ2v) is 6.19. The molecule has 0 bridgehead atoms. The second-order valence-electron chi connectivity index (χ2n) is 4.49. The first-order valence-corrected chi connectivity index (χ1v) is 7.82. The molecule has 0 saturated heterocycles. The maximum absolute atomic E-state index is 11.9. The van der Waals surface area contributed by atoms with Gasteiger partial charge in [0.1, 0.15) is 0 Å². The third-order valence-electron chi connectivity index (χ3n) is 2.99. The van der Waals surface area contributed by atoms with Crippen LogP contribution in [-0.2, 0) is 9.53 Å². The van der Waals surface area contributed by atoms with Crippen LogP contribution in [0.15, 0.2) is 57.6 Å². The lowest BCUT2D eigenvalue weighted by Crippen LogP contribution is -2.05. The molecule has 0 amide bonds. The Balaban J connectivity index is 1.97. The van der Waals surface area contributed by atoms with Gasteiger partial charge >= 0.3 is 5.97 Å². The number of halogens is 3. The Labute approximate surface area is 145 Å². The van der Waals surface area contributed by atoms with Crippen LogP contribution in [-0.4, -0.2) is 11.9 Å². The van der Waals surface area contributed by atoms with Crippen molar-refractivity contribution in [3.63, 3.8) is 0 Å². The fourth-order valence-electron chi connectivity index (χ4n) is 1.90. The zero-order chi connectivity index (χ0) is 15.7. The normalized spacial score (nSPS) is 15.9. The first kappa shape index (κ1) is 15.3. The maximum Gasteiger partial charge on any atom is 0.363 e. The summed E-state index contributed by atoms with van der Waals surface area (Å²) in [7, 11) is 0. The smallest absolute Gasteiger partial charge is 0.363 e. The minimum atomic E-state index is -0.519. The van der Waals surface area contributed by atoms with Crippen molar-refractivity contribution in [2.24, 2.45) is 4.99 Å². The van der Waals surface area contributed by atoms with Crippen LogP contribution >= 0.6 is 39.1 Å². The number of hydrogen-bond donors (Lipinski definition) is 0. The fourth-order valence-corrected chi connectivity index (χ4v) is 2.53. The largest absolute Gasteiger partial charge is 0.402 e. The zero-order valence-corrected chi connectivity index (χ0v) is 14.1. The molecule has 3 rings (SSSR count). The molecular weight excluding hydrogens is 389 g/mol. The van der Waals surface area contributed by atoms with Gasteiger partial charge in [0.2, 0.25) is 5.90 Å². The van der Waals surface area contributed by atoms with Crippen molar-refractivity contribution < 1.29 is 9.53 Å². The standard InChI is InChI=1S/C16H8BrCl2NO2/c17-11-6-4-9(5-7-11)15-20-13(16(21)22-15)8-10-2-1-3-12(18)14(10)19/h1-8H/b13-8-. The van der Waals surface area contributed by atoms with Crippen molar-refractivity contribution in [1.29, 1.82) is 0 Å². The minimum Gasteiger partial charge on any atom is -0.402 e. The Morgan fingerprint density at radius 1 is 1.09 bits per heavy atom. The molecule has 2 aromatic carbocycles. The van der Waals surface area contributed by atoms with E-state index in [4.69, 9.17) is 27.9 Å². The molecule has 1 aliphatic rings. The van der Waals surface area contributed by atoms with Crippen LogP contribution in [0, 0.1) is 0 Å². The van der Waals surface area contributed by atoms with Gasteiger partial charge in [-0.15, -0.1) is 0 Å². The van der Waals surface area contributed by atoms with E-state index < -0.39 is 5.97 Å². The molecular formula is C16H8BrCl2NO2. The van der Waals surface area contributed by atoms with Crippen molar-refractivity contribution in [3.05, 3.63) is 73.8 Å². The van der Waals surface area contributed by atoms with E-state index >= 15 is 0 Å². The van der Waals surface area contributed by atoms with Gasteiger partial charge in [-0.2, -0.15) is 0 Å². The lowest BCUT2D eigenvalue weighted by atomic mass is 10.2. The van der Waals surface area contributed by atoms with E-state index in [1.165, 1.54) is 0 Å². The molecule has 3 nitrogen and oxygen atoms in total. The third kappa shape index (κ3) is 3.09. The molecule has 2 aromatic rings. The highest BCUT2D eigenvalue weighted by molar-refractivity contribution is 9.10. The van der Waals surface area contributed by atoms with E-state index in [-0.39, 0.29) is 11.6 Å². The van der Waals surface area contributed by atoms with Crippen LogP contribution in [0.1, 0.15) is 11.1 Å². The highest BCUT2D eigenvalue weighted by Crippen LogP contribution is 2.28. The van der Waals surface area contributed by atoms with E-state index in [1.54, 1.807) is 24.3 Å². The summed E-state index contributed by atoms with van der Waals surface area (Å²) in [5.41, 5.74) is 1.51. The fraction of sp³-hybridized carbons (Fsp3) is 0. The average Bonchev–Trinajstić information content (AvgIpc) is 2.86. The van der Waals surface area contributed by atoms with Crippen molar-refractivity contribution in [3.8, 4) is 0 Å². The quantitative estimate of drug-likeness (QED) is 0.523. The second kappa shape index (κ2) is 6.24. The van der Waals surface area contributed by atoms with Crippen LogP contribution in [0.5, 0.6) is 0 Å². The molecule has 6 heteroatoms. The number of carbonyl (C=O) groups is 1. The molecule has 0 spiro atoms. The lowest BCUT2D eigenvalue weighted by Gasteiger charge is -2.00. The Kier molecular flexibility index (Phi) is 4.34. The van der Waals surface area contributed by atoms with Crippen LogP contribution < -0.4 is 0 Å². The van der Waals surface area contributed by atoms with Crippen LogP contribution in [0.3, 0.4) is 0 Å². The number of esters is 1. The molecule has 1 heterocycles. The molecule has 0 saturated carbocycles. The minimum absolute atomic E-state index is 0.182. The van der Waals surface area contributed by atoms with Gasteiger partial charge in [-0.25, -0.2) is 9.79 Å². The summed E-state index contributed by atoms with van der Waals surface area (Å²) in [6.07, 6.45) is 1.56. The molecule has 0 fully saturated rings. The average molecular weight is 397 g/mol. The Hall–Kier alpha value is -1.62. The summed E-state index contributed by atoms with van der Waals surface area (Å²) in [4.78, 5) is 16.2. The van der Waals surface area contributed by atoms with Crippen molar-refractivity contribution in [1.82, 2.24) is 0 Å². The Morgan fingerprint density at radius 3 is 2.55 bits per heavy atom. The molecule has 22 heavy (non-hydrogen) atoms. The van der Waals surface area contributed by atoms with Gasteiger partial charge in [0.05, 0.1) is 10.0 Å². The number of aliphatic imine (C=N–C) groups is 1. The molecule has 1 aliphatic heterocycles. The van der Waals surface area contributed by atoms with E-state index in [0.717, 1.165) is 10.0 Å². The molecule has 0 atom stereocenters. The molecule has 0 radical (unpaired) electrons. The summed E-state index contributed by atoms with van der Waals surface area (Å²) in [6, 6.07) is 12.5. The van der Waals surface area contributed by atoms with Gasteiger partial charge in [0, 0.05) is 10.0 Å². The molecule has 0 N–H and O–H groups in total. The van der Waals surface area contributed by atoms with Crippen LogP contribution in [0.25, 0.3) is 6.08 Å². The van der Waals surface area contributed by atoms with Gasteiger partial charge in [0.15, 0.2) is 5.70 Å². The van der Waals surface area contributed by atoms with Crippen molar-refractivity contribution in [2.45, 2.75) is 0 Å². The number of cyclic esters (lactones) is 1. The predicted molar refractivity (Wildman–Crippen MR) is 91.2 cm³/mol. The van der Waals surface area contributed by atoms with Crippen molar-refractivity contribution >= 4 is 57.1 Å². The maximum atomic E-state index is 11.9. The van der Waals surface area contributed by atoms with Gasteiger partial charge in [-0.05, 0) is 42.0 Å². The van der Waals surface area contributed by atoms with E-state index in [1.807, 2.05) is 24.3 Å². The Morgan fingerprint density at radius 2 is 1.82 bits per heavy atom. The van der Waals surface area contributed by atoms with E-state index in [9.17, 15) is 4.79 Å². The van der Waals surface area contributed by atoms with Crippen LogP contribution in [0.2, 0.25) is 10.0 Å². The summed E-state index contributed by atoms with van der Waals surface area (Å²) in [5.74, 6) is -0.254. The highest BCUT2D eigenvalue weighted by Gasteiger charge is 2.24. The number of benzene rings is 2. The SMILES string of the molecule is O=C1OC(c2ccc(Br)cc2)=N/C1=C\c1cccc(Cl)c1Cl. The number of hydrogen-bond acceptors (Lipinski definition) is 3. The first-order valence-electron chi connectivity index (χ1n) is 6.27. The number of ether oxygens (including phenoxy) is 1. The van der Waals surface area contributed by atoms with Gasteiger partial charge in [-0.1, -0.05) is 51.3 Å². The van der Waals surface area contributed by atoms with Crippen molar-refractivity contribution in [2.75, 3.05) is 0 Å². The first-order chi connectivity index (χ1) is 10.5. The summed E-state index contributed by atoms with van der Waals surface area (Å²) in [5, 5.41) is 0.788. The predicted octanol–water partition coefficient (Wildman–Crippen LogP) is 5.10. The highest BCUT2D eigenvalue weighted by atomic mass is 79.9. The van der Waals surface area contributed by atoms with Gasteiger partial charge < -0.3 is 4.74 Å². The zero-order valence-electron chi connectivity index (χ0n) is 11.0. The third-order valence-corrected chi connectivity index (χ3v) is 4.35. The molecule has 0 unspecified atom stereocenters. The van der Waals surface area contributed by atoms with E-state index in [0.29, 0.717) is 15.6 Å². The number of rotatable bonds is 2. The van der Waals surface area contributed by atoms with Gasteiger partial charge in [-0.3, -0.25) is 0 Å². The van der Waals surface area contributed by atoms with Gasteiger partial charge in [0.25, 0.3) is 0 Å². The summed E-state index contributed by atoms with van der Waals surface area (Å²) in [6.45, 7) is 0. The number of carbonyl (C=O) groups excluding carboxylic acids is 1.